The van der Waals surface area contributed by atoms with Gasteiger partial charge in [0.05, 0.1) is 6.04 Å². The van der Waals surface area contributed by atoms with E-state index in [0.717, 1.165) is 5.56 Å². The summed E-state index contributed by atoms with van der Waals surface area (Å²) in [5.41, 5.74) is 7.45. The van der Waals surface area contributed by atoms with Crippen molar-refractivity contribution in [2.75, 3.05) is 5.32 Å². The molecule has 4 N–H and O–H groups in total. The molecule has 5 nitrogen and oxygen atoms in total. The second-order valence-electron chi connectivity index (χ2n) is 7.22. The first-order valence-corrected chi connectivity index (χ1v) is 8.36. The first kappa shape index (κ1) is 22.6. The van der Waals surface area contributed by atoms with Crippen molar-refractivity contribution in [3.8, 4) is 0 Å². The van der Waals surface area contributed by atoms with Gasteiger partial charge in [-0.25, -0.2) is 4.39 Å². The van der Waals surface area contributed by atoms with Crippen LogP contribution in [0.3, 0.4) is 0 Å². The van der Waals surface area contributed by atoms with Gasteiger partial charge >= 0.3 is 0 Å². The number of carbonyl (C=O) groups is 2. The summed E-state index contributed by atoms with van der Waals surface area (Å²) in [6.45, 7) is 6.06. The van der Waals surface area contributed by atoms with Gasteiger partial charge in [-0.1, -0.05) is 32.9 Å². The van der Waals surface area contributed by atoms with E-state index in [1.165, 1.54) is 24.3 Å². The molecule has 0 saturated carbocycles. The molecule has 0 heterocycles. The van der Waals surface area contributed by atoms with Crippen LogP contribution >= 0.6 is 12.4 Å². The lowest BCUT2D eigenvalue weighted by Crippen LogP contribution is -2.48. The highest BCUT2D eigenvalue weighted by atomic mass is 35.5. The Morgan fingerprint density at radius 1 is 1.04 bits per heavy atom. The second-order valence-corrected chi connectivity index (χ2v) is 7.22. The van der Waals surface area contributed by atoms with Crippen LogP contribution in [-0.4, -0.2) is 17.9 Å². The minimum atomic E-state index is -0.594. The van der Waals surface area contributed by atoms with Crippen molar-refractivity contribution in [1.29, 1.82) is 0 Å². The normalized spacial score (nSPS) is 11.9. The van der Waals surface area contributed by atoms with Gasteiger partial charge in [0.15, 0.2) is 0 Å². The number of halogens is 2. The average molecular weight is 394 g/mol. The van der Waals surface area contributed by atoms with Crippen LogP contribution in [0, 0.1) is 11.2 Å². The van der Waals surface area contributed by atoms with Crippen molar-refractivity contribution in [1.82, 2.24) is 5.32 Å². The number of carbonyl (C=O) groups excluding carboxylic acids is 2. The van der Waals surface area contributed by atoms with Crippen LogP contribution in [0.15, 0.2) is 48.5 Å². The fourth-order valence-corrected chi connectivity index (χ4v) is 2.20. The van der Waals surface area contributed by atoms with Gasteiger partial charge in [-0.2, -0.15) is 0 Å². The van der Waals surface area contributed by atoms with Gasteiger partial charge in [0, 0.05) is 17.8 Å². The molecule has 1 atom stereocenters. The largest absolute Gasteiger partial charge is 0.351 e. The zero-order valence-corrected chi connectivity index (χ0v) is 16.4. The van der Waals surface area contributed by atoms with Gasteiger partial charge in [0.2, 0.25) is 5.91 Å². The Morgan fingerprint density at radius 2 is 1.59 bits per heavy atom. The average Bonchev–Trinajstić information content (AvgIpc) is 2.60. The molecule has 146 valence electrons. The van der Waals surface area contributed by atoms with Crippen LogP contribution in [0.25, 0.3) is 0 Å². The third kappa shape index (κ3) is 6.66. The molecule has 0 fully saturated rings. The Balaban J connectivity index is 0.00000364. The van der Waals surface area contributed by atoms with Crippen LogP contribution in [0.4, 0.5) is 10.1 Å². The lowest BCUT2D eigenvalue weighted by atomic mass is 9.87. The fraction of sp³-hybridized carbons (Fsp3) is 0.300. The highest BCUT2D eigenvalue weighted by molar-refractivity contribution is 6.04. The van der Waals surface area contributed by atoms with Gasteiger partial charge < -0.3 is 16.4 Å². The first-order valence-electron chi connectivity index (χ1n) is 8.36. The molecular weight excluding hydrogens is 369 g/mol. The maximum absolute atomic E-state index is 12.9. The molecular formula is C20H25ClFN3O2. The van der Waals surface area contributed by atoms with Crippen molar-refractivity contribution in [2.24, 2.45) is 11.1 Å². The lowest BCUT2D eigenvalue weighted by Gasteiger charge is -2.25. The third-order valence-corrected chi connectivity index (χ3v) is 4.00. The molecule has 0 aliphatic heterocycles. The van der Waals surface area contributed by atoms with E-state index in [2.05, 4.69) is 10.6 Å². The number of hydrogen-bond donors (Lipinski definition) is 3. The van der Waals surface area contributed by atoms with Crippen molar-refractivity contribution < 1.29 is 14.0 Å². The Kier molecular flexibility index (Phi) is 7.94. The summed E-state index contributed by atoms with van der Waals surface area (Å²) in [7, 11) is 0. The van der Waals surface area contributed by atoms with E-state index < -0.39 is 6.04 Å². The molecule has 0 spiro atoms. The fourth-order valence-electron chi connectivity index (χ4n) is 2.20. The van der Waals surface area contributed by atoms with E-state index in [9.17, 15) is 14.0 Å². The van der Waals surface area contributed by atoms with Gasteiger partial charge in [-0.15, -0.1) is 12.4 Å². The zero-order chi connectivity index (χ0) is 19.3. The van der Waals surface area contributed by atoms with Crippen LogP contribution < -0.4 is 16.4 Å². The first-order chi connectivity index (χ1) is 12.2. The Labute approximate surface area is 164 Å². The number of benzene rings is 2. The van der Waals surface area contributed by atoms with Gasteiger partial charge in [0.25, 0.3) is 5.91 Å². The Bertz CT molecular complexity index is 771. The molecule has 2 aromatic carbocycles. The molecule has 0 saturated heterocycles. The minimum absolute atomic E-state index is 0. The standard InChI is InChI=1S/C20H24FN3O2.ClH/c1-20(2,3)17(22)19(26)23-12-13-4-6-14(7-5-13)18(25)24-16-10-8-15(21)9-11-16;/h4-11,17H,12,22H2,1-3H3,(H,23,26)(H,24,25);1H/t17-;/m1./s1. The predicted molar refractivity (Wildman–Crippen MR) is 107 cm³/mol. The van der Waals surface area contributed by atoms with Crippen LogP contribution in [0.5, 0.6) is 0 Å². The van der Waals surface area contributed by atoms with Gasteiger partial charge in [0.1, 0.15) is 5.82 Å². The monoisotopic (exact) mass is 393 g/mol. The van der Waals surface area contributed by atoms with E-state index in [1.54, 1.807) is 24.3 Å². The van der Waals surface area contributed by atoms with Crippen LogP contribution in [0.1, 0.15) is 36.7 Å². The number of nitrogens with two attached hydrogens (primary N) is 1. The SMILES string of the molecule is CC(C)(C)[C@H](N)C(=O)NCc1ccc(C(=O)Nc2ccc(F)cc2)cc1.Cl. The number of nitrogens with one attached hydrogen (secondary N) is 2. The third-order valence-electron chi connectivity index (χ3n) is 4.00. The summed E-state index contributed by atoms with van der Waals surface area (Å²) >= 11 is 0. The summed E-state index contributed by atoms with van der Waals surface area (Å²) in [5.74, 6) is -0.863. The molecule has 0 bridgehead atoms. The van der Waals surface area contributed by atoms with E-state index in [4.69, 9.17) is 5.73 Å². The number of amides is 2. The summed E-state index contributed by atoms with van der Waals surface area (Å²) in [6.07, 6.45) is 0. The topological polar surface area (TPSA) is 84.2 Å². The minimum Gasteiger partial charge on any atom is -0.351 e. The smallest absolute Gasteiger partial charge is 0.255 e. The molecule has 2 amide bonds. The summed E-state index contributed by atoms with van der Waals surface area (Å²) in [4.78, 5) is 24.2. The summed E-state index contributed by atoms with van der Waals surface area (Å²) in [6, 6.07) is 11.8. The van der Waals surface area contributed by atoms with Crippen molar-refractivity contribution in [3.63, 3.8) is 0 Å². The van der Waals surface area contributed by atoms with Crippen LogP contribution in [-0.2, 0) is 11.3 Å². The molecule has 0 aliphatic rings. The Morgan fingerprint density at radius 3 is 2.11 bits per heavy atom. The molecule has 27 heavy (non-hydrogen) atoms. The predicted octanol–water partition coefficient (Wildman–Crippen LogP) is 3.49. The number of anilines is 1. The maximum Gasteiger partial charge on any atom is 0.255 e. The Hall–Kier alpha value is -2.44. The molecule has 0 radical (unpaired) electrons. The van der Waals surface area contributed by atoms with Crippen molar-refractivity contribution in [2.45, 2.75) is 33.4 Å². The van der Waals surface area contributed by atoms with E-state index in [-0.39, 0.29) is 35.5 Å². The highest BCUT2D eigenvalue weighted by Gasteiger charge is 2.27. The van der Waals surface area contributed by atoms with Gasteiger partial charge in [-0.3, -0.25) is 9.59 Å². The number of hydrogen-bond acceptors (Lipinski definition) is 3. The quantitative estimate of drug-likeness (QED) is 0.727. The number of rotatable bonds is 5. The van der Waals surface area contributed by atoms with Crippen molar-refractivity contribution in [3.05, 3.63) is 65.5 Å². The van der Waals surface area contributed by atoms with E-state index >= 15 is 0 Å². The molecule has 2 rings (SSSR count). The second kappa shape index (κ2) is 9.48. The molecule has 0 aromatic heterocycles. The van der Waals surface area contributed by atoms with E-state index in [1.807, 2.05) is 20.8 Å². The highest BCUT2D eigenvalue weighted by Crippen LogP contribution is 2.17. The maximum atomic E-state index is 12.9. The molecule has 2 aromatic rings. The summed E-state index contributed by atoms with van der Waals surface area (Å²) < 4.78 is 12.9. The lowest BCUT2D eigenvalue weighted by molar-refractivity contribution is -0.124. The van der Waals surface area contributed by atoms with Crippen LogP contribution in [0.2, 0.25) is 0 Å². The van der Waals surface area contributed by atoms with Gasteiger partial charge in [-0.05, 0) is 47.4 Å². The van der Waals surface area contributed by atoms with Crippen molar-refractivity contribution >= 4 is 29.9 Å². The van der Waals surface area contributed by atoms with E-state index in [0.29, 0.717) is 17.8 Å². The zero-order valence-electron chi connectivity index (χ0n) is 15.6. The molecule has 7 heteroatoms. The summed E-state index contributed by atoms with van der Waals surface area (Å²) in [5, 5.41) is 5.49. The molecule has 0 aliphatic carbocycles. The molecule has 0 unspecified atom stereocenters.